The Hall–Kier alpha value is -2.69. The number of hydrogen-bond acceptors (Lipinski definition) is 3. The molecule has 1 atom stereocenters. The first-order valence-electron chi connectivity index (χ1n) is 10.3. The van der Waals surface area contributed by atoms with Gasteiger partial charge in [-0.05, 0) is 53.9 Å². The Balaban J connectivity index is 1.60. The van der Waals surface area contributed by atoms with Crippen molar-refractivity contribution in [2.75, 3.05) is 37.0 Å². The molecular formula is C25H25Cl2N3O. The average molecular weight is 454 g/mol. The van der Waals surface area contributed by atoms with Crippen LogP contribution >= 0.6 is 23.2 Å². The molecule has 0 saturated carbocycles. The van der Waals surface area contributed by atoms with Crippen molar-refractivity contribution in [1.82, 2.24) is 5.32 Å². The van der Waals surface area contributed by atoms with Gasteiger partial charge in [0.05, 0.1) is 16.6 Å². The van der Waals surface area contributed by atoms with Crippen LogP contribution in [0.3, 0.4) is 0 Å². The number of nitrogens with one attached hydrogen (secondary N) is 1. The minimum Gasteiger partial charge on any atom is -0.378 e. The van der Waals surface area contributed by atoms with E-state index in [0.29, 0.717) is 22.2 Å². The molecule has 1 amide bonds. The Kier molecular flexibility index (Phi) is 6.40. The summed E-state index contributed by atoms with van der Waals surface area (Å²) >= 11 is 12.2. The van der Waals surface area contributed by atoms with E-state index in [9.17, 15) is 4.79 Å². The van der Waals surface area contributed by atoms with Crippen molar-refractivity contribution < 1.29 is 4.79 Å². The van der Waals surface area contributed by atoms with Crippen LogP contribution in [-0.2, 0) is 6.42 Å². The van der Waals surface area contributed by atoms with E-state index in [-0.39, 0.29) is 11.9 Å². The molecule has 160 valence electrons. The van der Waals surface area contributed by atoms with E-state index in [1.807, 2.05) is 14.1 Å². The predicted octanol–water partition coefficient (Wildman–Crippen LogP) is 5.59. The van der Waals surface area contributed by atoms with Gasteiger partial charge in [0.25, 0.3) is 5.91 Å². The van der Waals surface area contributed by atoms with Crippen molar-refractivity contribution in [2.24, 2.45) is 0 Å². The molecule has 1 aliphatic heterocycles. The van der Waals surface area contributed by atoms with Crippen LogP contribution in [0.15, 0.2) is 66.7 Å². The fourth-order valence-electron chi connectivity index (χ4n) is 4.05. The van der Waals surface area contributed by atoms with Gasteiger partial charge in [-0.1, -0.05) is 53.5 Å². The molecule has 0 aliphatic carbocycles. The molecule has 0 aromatic heterocycles. The van der Waals surface area contributed by atoms with Crippen LogP contribution < -0.4 is 15.1 Å². The molecule has 6 heteroatoms. The first-order chi connectivity index (χ1) is 14.9. The van der Waals surface area contributed by atoms with Crippen molar-refractivity contribution in [3.63, 3.8) is 0 Å². The summed E-state index contributed by atoms with van der Waals surface area (Å²) in [6.07, 6.45) is 0.999. The highest BCUT2D eigenvalue weighted by atomic mass is 35.5. The van der Waals surface area contributed by atoms with E-state index in [1.54, 1.807) is 18.2 Å². The molecular weight excluding hydrogens is 429 g/mol. The minimum atomic E-state index is -0.205. The smallest absolute Gasteiger partial charge is 0.252 e. The molecule has 0 saturated heterocycles. The maximum absolute atomic E-state index is 12.9. The van der Waals surface area contributed by atoms with Crippen LogP contribution in [0.25, 0.3) is 0 Å². The van der Waals surface area contributed by atoms with Gasteiger partial charge in [0, 0.05) is 43.6 Å². The number of fused-ring (bicyclic) bond motifs is 1. The zero-order chi connectivity index (χ0) is 22.0. The quantitative estimate of drug-likeness (QED) is 0.527. The van der Waals surface area contributed by atoms with Crippen LogP contribution in [0.5, 0.6) is 0 Å². The fraction of sp³-hybridized carbons (Fsp3) is 0.240. The van der Waals surface area contributed by atoms with Gasteiger partial charge in [-0.3, -0.25) is 4.79 Å². The number of hydrogen-bond donors (Lipinski definition) is 1. The average Bonchev–Trinajstić information content (AvgIpc) is 3.18. The zero-order valence-electron chi connectivity index (χ0n) is 17.6. The molecule has 0 fully saturated rings. The summed E-state index contributed by atoms with van der Waals surface area (Å²) in [5, 5.41) is 3.94. The topological polar surface area (TPSA) is 35.6 Å². The number of halogens is 2. The third-order valence-electron chi connectivity index (χ3n) is 5.73. The van der Waals surface area contributed by atoms with Crippen molar-refractivity contribution >= 4 is 40.5 Å². The standard InChI is InChI=1S/C25H25Cl2N3O/c1-29(2)20-10-7-18(8-11-20)24(30-14-13-17-5-3-4-6-23(17)30)16-28-25(31)21-12-9-19(26)15-22(21)27/h3-12,15,24H,13-14,16H2,1-2H3,(H,28,31). The second-order valence-corrected chi connectivity index (χ2v) is 8.75. The fourth-order valence-corrected chi connectivity index (χ4v) is 4.54. The lowest BCUT2D eigenvalue weighted by atomic mass is 10.0. The molecule has 0 radical (unpaired) electrons. The normalized spacial score (nSPS) is 13.6. The van der Waals surface area contributed by atoms with Crippen molar-refractivity contribution in [3.8, 4) is 0 Å². The molecule has 0 spiro atoms. The largest absolute Gasteiger partial charge is 0.378 e. The lowest BCUT2D eigenvalue weighted by Gasteiger charge is -2.31. The summed E-state index contributed by atoms with van der Waals surface area (Å²) in [7, 11) is 4.05. The molecule has 3 aromatic carbocycles. The highest BCUT2D eigenvalue weighted by molar-refractivity contribution is 6.36. The van der Waals surface area contributed by atoms with Gasteiger partial charge >= 0.3 is 0 Å². The summed E-state index contributed by atoms with van der Waals surface area (Å²) in [4.78, 5) is 17.3. The van der Waals surface area contributed by atoms with E-state index < -0.39 is 0 Å². The van der Waals surface area contributed by atoms with Crippen molar-refractivity contribution in [1.29, 1.82) is 0 Å². The lowest BCUT2D eigenvalue weighted by molar-refractivity contribution is 0.0951. The predicted molar refractivity (Wildman–Crippen MR) is 130 cm³/mol. The van der Waals surface area contributed by atoms with Crippen molar-refractivity contribution in [3.05, 3.63) is 93.5 Å². The summed E-state index contributed by atoms with van der Waals surface area (Å²) in [6, 6.07) is 21.9. The van der Waals surface area contributed by atoms with Gasteiger partial charge in [0.2, 0.25) is 0 Å². The highest BCUT2D eigenvalue weighted by Gasteiger charge is 2.27. The zero-order valence-corrected chi connectivity index (χ0v) is 19.1. The number of para-hydroxylation sites is 1. The maximum Gasteiger partial charge on any atom is 0.252 e. The molecule has 31 heavy (non-hydrogen) atoms. The molecule has 1 unspecified atom stereocenters. The third-order valence-corrected chi connectivity index (χ3v) is 6.27. The molecule has 1 N–H and O–H groups in total. The van der Waals surface area contributed by atoms with E-state index in [4.69, 9.17) is 23.2 Å². The summed E-state index contributed by atoms with van der Waals surface area (Å²) in [5.74, 6) is -0.205. The number of amides is 1. The first-order valence-corrected chi connectivity index (χ1v) is 11.0. The van der Waals surface area contributed by atoms with E-state index in [1.165, 1.54) is 11.3 Å². The van der Waals surface area contributed by atoms with Gasteiger partial charge in [0.15, 0.2) is 0 Å². The number of carbonyl (C=O) groups excluding carboxylic acids is 1. The number of anilines is 2. The van der Waals surface area contributed by atoms with E-state index >= 15 is 0 Å². The van der Waals surface area contributed by atoms with Crippen LogP contribution in [0.4, 0.5) is 11.4 Å². The summed E-state index contributed by atoms with van der Waals surface area (Å²) in [6.45, 7) is 1.38. The number of benzene rings is 3. The van der Waals surface area contributed by atoms with Crippen LogP contribution in [0, 0.1) is 0 Å². The van der Waals surface area contributed by atoms with Gasteiger partial charge in [-0.25, -0.2) is 0 Å². The number of nitrogens with zero attached hydrogens (tertiary/aromatic N) is 2. The Morgan fingerprint density at radius 1 is 1.06 bits per heavy atom. The monoisotopic (exact) mass is 453 g/mol. The maximum atomic E-state index is 12.9. The Morgan fingerprint density at radius 3 is 2.52 bits per heavy atom. The third kappa shape index (κ3) is 4.65. The van der Waals surface area contributed by atoms with Gasteiger partial charge in [-0.15, -0.1) is 0 Å². The van der Waals surface area contributed by atoms with Crippen molar-refractivity contribution in [2.45, 2.75) is 12.5 Å². The van der Waals surface area contributed by atoms with E-state index in [2.05, 4.69) is 63.6 Å². The van der Waals surface area contributed by atoms with Crippen LogP contribution in [-0.4, -0.2) is 33.1 Å². The van der Waals surface area contributed by atoms with Gasteiger partial charge in [0.1, 0.15) is 0 Å². The molecule has 1 heterocycles. The molecule has 4 nitrogen and oxygen atoms in total. The molecule has 0 bridgehead atoms. The van der Waals surface area contributed by atoms with Crippen LogP contribution in [0.2, 0.25) is 10.0 Å². The molecule has 3 aromatic rings. The van der Waals surface area contributed by atoms with Gasteiger partial charge in [-0.2, -0.15) is 0 Å². The summed E-state index contributed by atoms with van der Waals surface area (Å²) in [5.41, 5.74) is 5.29. The minimum absolute atomic E-state index is 0.00916. The van der Waals surface area contributed by atoms with Gasteiger partial charge < -0.3 is 15.1 Å². The molecule has 4 rings (SSSR count). The summed E-state index contributed by atoms with van der Waals surface area (Å²) < 4.78 is 0. The SMILES string of the molecule is CN(C)c1ccc(C(CNC(=O)c2ccc(Cl)cc2Cl)N2CCc3ccccc32)cc1. The number of carbonyl (C=O) groups is 1. The Morgan fingerprint density at radius 2 is 1.81 bits per heavy atom. The highest BCUT2D eigenvalue weighted by Crippen LogP contribution is 2.35. The Labute approximate surface area is 193 Å². The Bertz CT molecular complexity index is 1080. The molecule has 1 aliphatic rings. The lowest BCUT2D eigenvalue weighted by Crippen LogP contribution is -2.37. The van der Waals surface area contributed by atoms with E-state index in [0.717, 1.165) is 24.2 Å². The number of rotatable bonds is 6. The first kappa shape index (κ1) is 21.5. The second kappa shape index (κ2) is 9.21. The van der Waals surface area contributed by atoms with Crippen LogP contribution in [0.1, 0.15) is 27.5 Å². The second-order valence-electron chi connectivity index (χ2n) is 7.91.